The third-order valence-corrected chi connectivity index (χ3v) is 5.22. The second-order valence-electron chi connectivity index (χ2n) is 9.01. The summed E-state index contributed by atoms with van der Waals surface area (Å²) in [7, 11) is 0. The number of amides is 2. The van der Waals surface area contributed by atoms with Gasteiger partial charge in [0.05, 0.1) is 5.69 Å². The molecule has 6 nitrogen and oxygen atoms in total. The zero-order valence-corrected chi connectivity index (χ0v) is 18.2. The number of carbonyl (C=O) groups is 2. The summed E-state index contributed by atoms with van der Waals surface area (Å²) in [5.74, 6) is 0.755. The molecule has 0 aliphatic carbocycles. The van der Waals surface area contributed by atoms with Gasteiger partial charge >= 0.3 is 0 Å². The average molecular weight is 417 g/mol. The Morgan fingerprint density at radius 3 is 2.35 bits per heavy atom. The molecule has 0 saturated carbocycles. The summed E-state index contributed by atoms with van der Waals surface area (Å²) in [5, 5.41) is 5.86. The lowest BCUT2D eigenvalue weighted by atomic mass is 10.1. The van der Waals surface area contributed by atoms with E-state index in [0.29, 0.717) is 16.8 Å². The van der Waals surface area contributed by atoms with E-state index in [1.165, 1.54) is 12.8 Å². The van der Waals surface area contributed by atoms with Crippen molar-refractivity contribution >= 4 is 17.5 Å². The van der Waals surface area contributed by atoms with Gasteiger partial charge < -0.3 is 15.2 Å². The smallest absolute Gasteiger partial charge is 0.255 e. The van der Waals surface area contributed by atoms with Gasteiger partial charge in [0.1, 0.15) is 5.82 Å². The zero-order chi connectivity index (χ0) is 22.0. The van der Waals surface area contributed by atoms with Crippen LogP contribution in [-0.4, -0.2) is 26.9 Å². The number of fused-ring (bicyclic) bond motifs is 1. The summed E-state index contributed by atoms with van der Waals surface area (Å²) in [5.41, 5.74) is 3.33. The maximum atomic E-state index is 12.7. The Labute approximate surface area is 182 Å². The molecule has 0 atom stereocenters. The van der Waals surface area contributed by atoms with Crippen LogP contribution in [0.1, 0.15) is 60.2 Å². The molecule has 2 N–H and O–H groups in total. The van der Waals surface area contributed by atoms with Crippen molar-refractivity contribution in [2.24, 2.45) is 0 Å². The number of rotatable bonds is 4. The summed E-state index contributed by atoms with van der Waals surface area (Å²) in [4.78, 5) is 29.7. The summed E-state index contributed by atoms with van der Waals surface area (Å²) < 4.78 is 2.22. The fourth-order valence-corrected chi connectivity index (χ4v) is 3.70. The molecule has 2 aromatic carbocycles. The van der Waals surface area contributed by atoms with E-state index in [-0.39, 0.29) is 17.4 Å². The fourth-order valence-electron chi connectivity index (χ4n) is 3.70. The maximum absolute atomic E-state index is 12.7. The number of nitrogens with one attached hydrogen (secondary N) is 2. The first-order valence-corrected chi connectivity index (χ1v) is 10.7. The van der Waals surface area contributed by atoms with E-state index < -0.39 is 0 Å². The molecule has 0 radical (unpaired) electrons. The highest BCUT2D eigenvalue weighted by molar-refractivity contribution is 6.05. The minimum Gasteiger partial charge on any atom is -0.347 e. The Morgan fingerprint density at radius 2 is 1.68 bits per heavy atom. The second kappa shape index (κ2) is 8.38. The van der Waals surface area contributed by atoms with Gasteiger partial charge in [0, 0.05) is 47.1 Å². The Morgan fingerprint density at radius 1 is 0.968 bits per heavy atom. The van der Waals surface area contributed by atoms with Crippen LogP contribution < -0.4 is 10.6 Å². The molecular weight excluding hydrogens is 388 g/mol. The molecule has 1 aromatic heterocycles. The number of aromatic nitrogens is 2. The SMILES string of the molecule is CC(C)(C)NC(=O)c1ccc(C(=O)Nc2cccc(-c3cn4c(n3)CCCC4)c2)cc1. The van der Waals surface area contributed by atoms with Gasteiger partial charge in [-0.1, -0.05) is 12.1 Å². The van der Waals surface area contributed by atoms with Gasteiger partial charge in [0.15, 0.2) is 0 Å². The number of carbonyl (C=O) groups excluding carboxylic acids is 2. The van der Waals surface area contributed by atoms with Crippen LogP contribution in [-0.2, 0) is 13.0 Å². The lowest BCUT2D eigenvalue weighted by molar-refractivity contribution is 0.0918. The maximum Gasteiger partial charge on any atom is 0.255 e. The minimum atomic E-state index is -0.313. The number of hydrogen-bond donors (Lipinski definition) is 2. The molecule has 31 heavy (non-hydrogen) atoms. The molecule has 0 saturated heterocycles. The van der Waals surface area contributed by atoms with Crippen molar-refractivity contribution in [2.75, 3.05) is 5.32 Å². The Hall–Kier alpha value is -3.41. The molecule has 0 fully saturated rings. The second-order valence-corrected chi connectivity index (χ2v) is 9.01. The van der Waals surface area contributed by atoms with Crippen LogP contribution in [0, 0.1) is 0 Å². The van der Waals surface area contributed by atoms with Crippen LogP contribution in [0.3, 0.4) is 0 Å². The number of anilines is 1. The highest BCUT2D eigenvalue weighted by Crippen LogP contribution is 2.25. The largest absolute Gasteiger partial charge is 0.347 e. The number of hydrogen-bond acceptors (Lipinski definition) is 3. The van der Waals surface area contributed by atoms with Crippen molar-refractivity contribution < 1.29 is 9.59 Å². The molecule has 0 spiro atoms. The molecule has 1 aliphatic heterocycles. The lowest BCUT2D eigenvalue weighted by Gasteiger charge is -2.20. The van der Waals surface area contributed by atoms with Crippen molar-refractivity contribution in [3.63, 3.8) is 0 Å². The first-order valence-electron chi connectivity index (χ1n) is 10.7. The highest BCUT2D eigenvalue weighted by atomic mass is 16.2. The number of benzene rings is 2. The van der Waals surface area contributed by atoms with Crippen molar-refractivity contribution in [3.05, 3.63) is 71.7 Å². The molecule has 0 unspecified atom stereocenters. The van der Waals surface area contributed by atoms with Crippen molar-refractivity contribution in [2.45, 2.75) is 52.1 Å². The highest BCUT2D eigenvalue weighted by Gasteiger charge is 2.16. The summed E-state index contributed by atoms with van der Waals surface area (Å²) in [6.45, 7) is 6.81. The summed E-state index contributed by atoms with van der Waals surface area (Å²) in [6.07, 6.45) is 5.48. The zero-order valence-electron chi connectivity index (χ0n) is 18.2. The summed E-state index contributed by atoms with van der Waals surface area (Å²) in [6, 6.07) is 14.4. The number of nitrogens with zero attached hydrogens (tertiary/aromatic N) is 2. The van der Waals surface area contributed by atoms with Gasteiger partial charge in [-0.3, -0.25) is 9.59 Å². The van der Waals surface area contributed by atoms with Gasteiger partial charge in [0.2, 0.25) is 0 Å². The fraction of sp³-hybridized carbons (Fsp3) is 0.320. The molecule has 2 heterocycles. The first-order chi connectivity index (χ1) is 14.8. The van der Waals surface area contributed by atoms with E-state index in [1.54, 1.807) is 24.3 Å². The van der Waals surface area contributed by atoms with Crippen LogP contribution in [0.5, 0.6) is 0 Å². The van der Waals surface area contributed by atoms with Crippen LogP contribution in [0.25, 0.3) is 11.3 Å². The standard InChI is InChI=1S/C25H28N4O2/c1-25(2,3)28-24(31)18-12-10-17(11-13-18)23(30)26-20-8-6-7-19(15-20)21-16-29-14-5-4-9-22(29)27-21/h6-8,10-13,15-16H,4-5,9,14H2,1-3H3,(H,26,30)(H,28,31). The van der Waals surface area contributed by atoms with E-state index >= 15 is 0 Å². The molecule has 160 valence electrons. The molecule has 0 bridgehead atoms. The quantitative estimate of drug-likeness (QED) is 0.649. The van der Waals surface area contributed by atoms with Crippen LogP contribution in [0.15, 0.2) is 54.7 Å². The molecule has 2 amide bonds. The van der Waals surface area contributed by atoms with E-state index in [1.807, 2.05) is 45.0 Å². The van der Waals surface area contributed by atoms with E-state index in [0.717, 1.165) is 30.0 Å². The predicted molar refractivity (Wildman–Crippen MR) is 122 cm³/mol. The molecular formula is C25H28N4O2. The molecule has 4 rings (SSSR count). The van der Waals surface area contributed by atoms with Gasteiger partial charge in [-0.15, -0.1) is 0 Å². The normalized spacial score (nSPS) is 13.4. The van der Waals surface area contributed by atoms with E-state index in [4.69, 9.17) is 4.98 Å². The van der Waals surface area contributed by atoms with Gasteiger partial charge in [-0.05, 0) is 70.0 Å². The Bertz CT molecular complexity index is 1080. The van der Waals surface area contributed by atoms with Crippen molar-refractivity contribution in [3.8, 4) is 11.3 Å². The van der Waals surface area contributed by atoms with E-state index in [9.17, 15) is 9.59 Å². The van der Waals surface area contributed by atoms with Crippen molar-refractivity contribution in [1.29, 1.82) is 0 Å². The van der Waals surface area contributed by atoms with Gasteiger partial charge in [-0.25, -0.2) is 4.98 Å². The third-order valence-electron chi connectivity index (χ3n) is 5.22. The monoisotopic (exact) mass is 416 g/mol. The van der Waals surface area contributed by atoms with Crippen molar-refractivity contribution in [1.82, 2.24) is 14.9 Å². The average Bonchev–Trinajstić information content (AvgIpc) is 3.17. The Balaban J connectivity index is 1.46. The molecule has 6 heteroatoms. The molecule has 3 aromatic rings. The predicted octanol–water partition coefficient (Wildman–Crippen LogP) is 4.67. The number of aryl methyl sites for hydroxylation is 2. The van der Waals surface area contributed by atoms with Crippen LogP contribution in [0.2, 0.25) is 0 Å². The van der Waals surface area contributed by atoms with Gasteiger partial charge in [-0.2, -0.15) is 0 Å². The lowest BCUT2D eigenvalue weighted by Crippen LogP contribution is -2.40. The van der Waals surface area contributed by atoms with Gasteiger partial charge in [0.25, 0.3) is 11.8 Å². The van der Waals surface area contributed by atoms with Crippen LogP contribution in [0.4, 0.5) is 5.69 Å². The molecule has 1 aliphatic rings. The first kappa shape index (κ1) is 20.8. The minimum absolute atomic E-state index is 0.157. The summed E-state index contributed by atoms with van der Waals surface area (Å²) >= 11 is 0. The van der Waals surface area contributed by atoms with Crippen LogP contribution >= 0.6 is 0 Å². The van der Waals surface area contributed by atoms with E-state index in [2.05, 4.69) is 21.4 Å². The Kier molecular flexibility index (Phi) is 5.63. The third kappa shape index (κ3) is 5.02. The number of imidazole rings is 1. The topological polar surface area (TPSA) is 76.0 Å².